The first-order valence-corrected chi connectivity index (χ1v) is 18.7. The van der Waals surface area contributed by atoms with Crippen molar-refractivity contribution in [3.63, 3.8) is 0 Å². The van der Waals surface area contributed by atoms with Gasteiger partial charge in [-0.2, -0.15) is 0 Å². The van der Waals surface area contributed by atoms with Gasteiger partial charge in [0.25, 0.3) is 0 Å². The van der Waals surface area contributed by atoms with Gasteiger partial charge < -0.3 is 0 Å². The summed E-state index contributed by atoms with van der Waals surface area (Å²) in [7, 11) is 0. The zero-order valence-corrected chi connectivity index (χ0v) is 29.8. The number of fused-ring (bicyclic) bond motifs is 4. The van der Waals surface area contributed by atoms with E-state index in [9.17, 15) is 0 Å². The highest BCUT2D eigenvalue weighted by Crippen LogP contribution is 2.52. The highest BCUT2D eigenvalue weighted by Gasteiger charge is 2.36. The van der Waals surface area contributed by atoms with Crippen molar-refractivity contribution < 1.29 is 0 Å². The van der Waals surface area contributed by atoms with Crippen molar-refractivity contribution in [2.45, 2.75) is 19.3 Å². The topological polar surface area (TPSA) is 0 Å². The summed E-state index contributed by atoms with van der Waals surface area (Å²) in [5.41, 5.74) is 15.4. The number of benzene rings is 10. The van der Waals surface area contributed by atoms with Gasteiger partial charge in [0, 0.05) is 5.41 Å². The van der Waals surface area contributed by atoms with E-state index in [0.717, 1.165) is 0 Å². The molecule has 0 aliphatic heterocycles. The molecule has 0 bridgehead atoms. The Bertz CT molecular complexity index is 3060. The summed E-state index contributed by atoms with van der Waals surface area (Å²) in [6.45, 7) is 4.77. The molecule has 10 aromatic carbocycles. The maximum Gasteiger partial charge on any atom is 0.0159 e. The van der Waals surface area contributed by atoms with Crippen molar-refractivity contribution in [3.8, 4) is 55.6 Å². The Balaban J connectivity index is 1.09. The van der Waals surface area contributed by atoms with Crippen LogP contribution in [0.5, 0.6) is 0 Å². The van der Waals surface area contributed by atoms with E-state index in [1.165, 1.54) is 110 Å². The van der Waals surface area contributed by atoms with Crippen molar-refractivity contribution in [2.75, 3.05) is 0 Å². The fourth-order valence-electron chi connectivity index (χ4n) is 9.33. The predicted octanol–water partition coefficient (Wildman–Crippen LogP) is 14.7. The van der Waals surface area contributed by atoms with Gasteiger partial charge in [-0.15, -0.1) is 0 Å². The Kier molecular flexibility index (Phi) is 6.40. The highest BCUT2D eigenvalue weighted by atomic mass is 14.4. The summed E-state index contributed by atoms with van der Waals surface area (Å²) in [5, 5.41) is 10.4. The molecule has 0 saturated heterocycles. The van der Waals surface area contributed by atoms with Crippen molar-refractivity contribution in [2.24, 2.45) is 0 Å². The minimum Gasteiger partial charge on any atom is -0.0622 e. The molecular weight excluding hydrogens is 637 g/mol. The monoisotopic (exact) mass is 672 g/mol. The van der Waals surface area contributed by atoms with Crippen LogP contribution in [-0.2, 0) is 5.41 Å². The summed E-state index contributed by atoms with van der Waals surface area (Å²) in [6, 6.07) is 68.0. The quantitative estimate of drug-likeness (QED) is 0.163. The molecule has 0 amide bonds. The summed E-state index contributed by atoms with van der Waals surface area (Å²) < 4.78 is 0. The first-order chi connectivity index (χ1) is 26.0. The van der Waals surface area contributed by atoms with E-state index < -0.39 is 0 Å². The van der Waals surface area contributed by atoms with Gasteiger partial charge in [-0.3, -0.25) is 0 Å². The van der Waals surface area contributed by atoms with E-state index in [1.807, 2.05) is 0 Å². The van der Waals surface area contributed by atoms with Crippen LogP contribution in [0, 0.1) is 0 Å². The minimum atomic E-state index is -0.0976. The van der Waals surface area contributed by atoms with Crippen LogP contribution >= 0.6 is 0 Å². The zero-order valence-electron chi connectivity index (χ0n) is 29.8. The van der Waals surface area contributed by atoms with Gasteiger partial charge in [0.1, 0.15) is 0 Å². The first kappa shape index (κ1) is 30.2. The van der Waals surface area contributed by atoms with Crippen LogP contribution in [0.2, 0.25) is 0 Å². The molecule has 1 aliphatic carbocycles. The second-order valence-electron chi connectivity index (χ2n) is 15.3. The molecule has 0 unspecified atom stereocenters. The minimum absolute atomic E-state index is 0.0976. The molecule has 11 rings (SSSR count). The van der Waals surface area contributed by atoms with E-state index >= 15 is 0 Å². The van der Waals surface area contributed by atoms with Crippen molar-refractivity contribution in [1.82, 2.24) is 0 Å². The molecule has 0 N–H and O–H groups in total. The second-order valence-corrected chi connectivity index (χ2v) is 15.3. The lowest BCUT2D eigenvalue weighted by atomic mass is 9.80. The Morgan fingerprint density at radius 1 is 0.283 bits per heavy atom. The lowest BCUT2D eigenvalue weighted by Crippen LogP contribution is -2.15. The highest BCUT2D eigenvalue weighted by molar-refractivity contribution is 6.27. The van der Waals surface area contributed by atoms with Crippen LogP contribution < -0.4 is 0 Å². The van der Waals surface area contributed by atoms with Gasteiger partial charge in [-0.1, -0.05) is 172 Å². The molecule has 0 saturated carbocycles. The summed E-state index contributed by atoms with van der Waals surface area (Å²) >= 11 is 0. The predicted molar refractivity (Wildman–Crippen MR) is 227 cm³/mol. The number of hydrogen-bond acceptors (Lipinski definition) is 0. The molecule has 0 heteroatoms. The average molecular weight is 673 g/mol. The third kappa shape index (κ3) is 4.49. The smallest absolute Gasteiger partial charge is 0.0159 e. The molecule has 0 aromatic heterocycles. The van der Waals surface area contributed by atoms with Crippen molar-refractivity contribution in [1.29, 1.82) is 0 Å². The van der Waals surface area contributed by atoms with E-state index in [2.05, 4.69) is 196 Å². The summed E-state index contributed by atoms with van der Waals surface area (Å²) in [4.78, 5) is 0. The Morgan fingerprint density at radius 2 is 0.755 bits per heavy atom. The van der Waals surface area contributed by atoms with Gasteiger partial charge in [0.05, 0.1) is 0 Å². The maximum absolute atomic E-state index is 2.46. The van der Waals surface area contributed by atoms with Crippen LogP contribution in [0.25, 0.3) is 98.7 Å². The molecule has 0 heterocycles. The van der Waals surface area contributed by atoms with Gasteiger partial charge in [0.15, 0.2) is 0 Å². The molecular formula is C53H36. The van der Waals surface area contributed by atoms with Crippen LogP contribution in [-0.4, -0.2) is 0 Å². The van der Waals surface area contributed by atoms with E-state index in [0.29, 0.717) is 0 Å². The number of hydrogen-bond donors (Lipinski definition) is 0. The van der Waals surface area contributed by atoms with Crippen molar-refractivity contribution >= 4 is 43.1 Å². The normalized spacial score (nSPS) is 13.2. The molecule has 0 nitrogen and oxygen atoms in total. The maximum atomic E-state index is 2.46. The molecule has 10 aromatic rings. The van der Waals surface area contributed by atoms with E-state index in [1.54, 1.807) is 0 Å². The molecule has 0 radical (unpaired) electrons. The first-order valence-electron chi connectivity index (χ1n) is 18.7. The van der Waals surface area contributed by atoms with Crippen LogP contribution in [0.3, 0.4) is 0 Å². The molecule has 1 aliphatic rings. The van der Waals surface area contributed by atoms with E-state index in [-0.39, 0.29) is 5.41 Å². The Labute approximate surface area is 310 Å². The van der Waals surface area contributed by atoms with Gasteiger partial charge >= 0.3 is 0 Å². The third-order valence-electron chi connectivity index (χ3n) is 12.0. The standard InChI is InChI=1S/C53H36/c1-53(2)49-32-40(22-26-44(49)48-29-37-15-9-10-16-38(37)31-50(48)53)43-25-21-39(30-47(43)34-13-7-4-8-14-34)42-24-18-36-19-27-45-41(33-11-5-3-6-12-33)23-17-35-20-28-46(42)52(36)51(35)45/h3-32H,1-2H3. The molecule has 0 atom stereocenters. The Morgan fingerprint density at radius 3 is 1.40 bits per heavy atom. The van der Waals surface area contributed by atoms with Gasteiger partial charge in [0.2, 0.25) is 0 Å². The molecule has 0 spiro atoms. The summed E-state index contributed by atoms with van der Waals surface area (Å²) in [5.74, 6) is 0. The molecule has 248 valence electrons. The Hall–Kier alpha value is -6.50. The van der Waals surface area contributed by atoms with Crippen LogP contribution in [0.15, 0.2) is 182 Å². The average Bonchev–Trinajstić information content (AvgIpc) is 3.43. The van der Waals surface area contributed by atoms with Gasteiger partial charge in [-0.25, -0.2) is 0 Å². The largest absolute Gasteiger partial charge is 0.0622 e. The fourth-order valence-corrected chi connectivity index (χ4v) is 9.33. The third-order valence-corrected chi connectivity index (χ3v) is 12.0. The van der Waals surface area contributed by atoms with Crippen LogP contribution in [0.1, 0.15) is 25.0 Å². The lowest BCUT2D eigenvalue weighted by molar-refractivity contribution is 0.661. The van der Waals surface area contributed by atoms with Crippen molar-refractivity contribution in [3.05, 3.63) is 193 Å². The SMILES string of the molecule is CC1(C)c2cc(-c3ccc(-c4ccc5ccc6c(-c7ccccc7)ccc7ccc4c5c76)cc3-c3ccccc3)ccc2-c2cc3ccccc3cc21. The van der Waals surface area contributed by atoms with Crippen LogP contribution in [0.4, 0.5) is 0 Å². The molecule has 0 fully saturated rings. The lowest BCUT2D eigenvalue weighted by Gasteiger charge is -2.23. The van der Waals surface area contributed by atoms with E-state index in [4.69, 9.17) is 0 Å². The second kappa shape index (κ2) is 11.2. The summed E-state index contributed by atoms with van der Waals surface area (Å²) in [6.07, 6.45) is 0. The molecule has 53 heavy (non-hydrogen) atoms. The number of rotatable bonds is 4. The fraction of sp³-hybridized carbons (Fsp3) is 0.0566. The zero-order chi connectivity index (χ0) is 35.3. The van der Waals surface area contributed by atoms with Gasteiger partial charge in [-0.05, 0) is 134 Å².